The smallest absolute Gasteiger partial charge is 0.270 e. The van der Waals surface area contributed by atoms with Gasteiger partial charge in [-0.15, -0.1) is 0 Å². The van der Waals surface area contributed by atoms with Crippen molar-refractivity contribution < 1.29 is 4.79 Å². The largest absolute Gasteiger partial charge is 0.347 e. The predicted molar refractivity (Wildman–Crippen MR) is 69.8 cm³/mol. The Morgan fingerprint density at radius 3 is 3.06 bits per heavy atom. The van der Waals surface area contributed by atoms with Gasteiger partial charge in [-0.25, -0.2) is 4.98 Å². The lowest BCUT2D eigenvalue weighted by Crippen LogP contribution is -2.30. The molecular formula is C12H14BrN3O. The normalized spacial score (nSPS) is 15.2. The van der Waals surface area contributed by atoms with Crippen molar-refractivity contribution in [1.29, 1.82) is 0 Å². The number of rotatable bonds is 3. The van der Waals surface area contributed by atoms with Crippen LogP contribution in [-0.2, 0) is 0 Å². The second kappa shape index (κ2) is 5.93. The number of aromatic nitrogens is 1. The van der Waals surface area contributed by atoms with Gasteiger partial charge in [0.15, 0.2) is 0 Å². The molecule has 2 heterocycles. The zero-order valence-corrected chi connectivity index (χ0v) is 11.0. The summed E-state index contributed by atoms with van der Waals surface area (Å²) in [5.74, 6) is -0.128. The van der Waals surface area contributed by atoms with E-state index in [9.17, 15) is 4.79 Å². The Labute approximate surface area is 109 Å². The summed E-state index contributed by atoms with van der Waals surface area (Å²) in [4.78, 5) is 15.8. The second-order valence-electron chi connectivity index (χ2n) is 3.86. The first-order valence-corrected chi connectivity index (χ1v) is 6.33. The fourth-order valence-electron chi connectivity index (χ4n) is 1.62. The maximum Gasteiger partial charge on any atom is 0.270 e. The highest BCUT2D eigenvalue weighted by Crippen LogP contribution is 2.07. The van der Waals surface area contributed by atoms with Crippen LogP contribution >= 0.6 is 15.9 Å². The van der Waals surface area contributed by atoms with Gasteiger partial charge in [0.05, 0.1) is 0 Å². The van der Waals surface area contributed by atoms with E-state index in [1.165, 1.54) is 5.57 Å². The molecular weight excluding hydrogens is 282 g/mol. The number of nitrogens with zero attached hydrogens (tertiary/aromatic N) is 1. The summed E-state index contributed by atoms with van der Waals surface area (Å²) in [5.41, 5.74) is 1.72. The minimum atomic E-state index is -0.128. The maximum atomic E-state index is 11.8. The second-order valence-corrected chi connectivity index (χ2v) is 4.78. The van der Waals surface area contributed by atoms with E-state index in [-0.39, 0.29) is 5.91 Å². The van der Waals surface area contributed by atoms with Crippen LogP contribution in [0, 0.1) is 0 Å². The highest BCUT2D eigenvalue weighted by atomic mass is 79.9. The highest BCUT2D eigenvalue weighted by molar-refractivity contribution is 9.10. The summed E-state index contributed by atoms with van der Waals surface area (Å²) in [5, 5.41) is 6.11. The van der Waals surface area contributed by atoms with Crippen molar-refractivity contribution in [2.24, 2.45) is 0 Å². The highest BCUT2D eigenvalue weighted by Gasteiger charge is 2.08. The molecule has 0 unspecified atom stereocenters. The van der Waals surface area contributed by atoms with Crippen LogP contribution < -0.4 is 10.6 Å². The van der Waals surface area contributed by atoms with Crippen LogP contribution in [0.3, 0.4) is 0 Å². The third-order valence-electron chi connectivity index (χ3n) is 2.59. The predicted octanol–water partition coefficient (Wildman–Crippen LogP) is 1.49. The van der Waals surface area contributed by atoms with E-state index >= 15 is 0 Å². The van der Waals surface area contributed by atoms with Crippen LogP contribution in [0.2, 0.25) is 0 Å². The van der Waals surface area contributed by atoms with Gasteiger partial charge < -0.3 is 10.6 Å². The Kier molecular flexibility index (Phi) is 4.28. The van der Waals surface area contributed by atoms with Gasteiger partial charge in [0.1, 0.15) is 5.69 Å². The van der Waals surface area contributed by atoms with Gasteiger partial charge in [0, 0.05) is 23.8 Å². The molecule has 0 radical (unpaired) electrons. The first-order valence-electron chi connectivity index (χ1n) is 5.54. The van der Waals surface area contributed by atoms with Crippen molar-refractivity contribution in [3.05, 3.63) is 40.1 Å². The molecule has 0 fully saturated rings. The number of carbonyl (C=O) groups excluding carboxylic acids is 1. The Morgan fingerprint density at radius 1 is 1.53 bits per heavy atom. The lowest BCUT2D eigenvalue weighted by molar-refractivity contribution is 0.0951. The molecule has 2 N–H and O–H groups in total. The van der Waals surface area contributed by atoms with Crippen molar-refractivity contribution >= 4 is 21.8 Å². The van der Waals surface area contributed by atoms with E-state index in [0.29, 0.717) is 12.2 Å². The topological polar surface area (TPSA) is 54.0 Å². The Hall–Kier alpha value is -1.20. The van der Waals surface area contributed by atoms with Crippen LogP contribution in [0.1, 0.15) is 16.9 Å². The number of amides is 1. The van der Waals surface area contributed by atoms with Crippen molar-refractivity contribution in [3.63, 3.8) is 0 Å². The van der Waals surface area contributed by atoms with Crippen molar-refractivity contribution in [2.45, 2.75) is 6.42 Å². The molecule has 0 spiro atoms. The standard InChI is InChI=1S/C12H14BrN3O/c13-10-1-2-11(15-8-10)12(17)16-7-9-3-5-14-6-4-9/h1-3,8,14H,4-7H2,(H,16,17). The van der Waals surface area contributed by atoms with Gasteiger partial charge in [-0.1, -0.05) is 11.6 Å². The Bertz CT molecular complexity index is 428. The molecule has 1 aliphatic rings. The molecule has 0 atom stereocenters. The van der Waals surface area contributed by atoms with Crippen LogP contribution in [0.4, 0.5) is 0 Å². The van der Waals surface area contributed by atoms with Gasteiger partial charge >= 0.3 is 0 Å². The SMILES string of the molecule is O=C(NCC1=CCNCC1)c1ccc(Br)cn1. The third kappa shape index (κ3) is 3.64. The van der Waals surface area contributed by atoms with Gasteiger partial charge in [-0.2, -0.15) is 0 Å². The first kappa shape index (κ1) is 12.3. The van der Waals surface area contributed by atoms with E-state index < -0.39 is 0 Å². The van der Waals surface area contributed by atoms with Crippen molar-refractivity contribution in [1.82, 2.24) is 15.6 Å². The van der Waals surface area contributed by atoms with Crippen molar-refractivity contribution in [2.75, 3.05) is 19.6 Å². The molecule has 4 nitrogen and oxygen atoms in total. The molecule has 0 aliphatic carbocycles. The third-order valence-corrected chi connectivity index (χ3v) is 3.06. The molecule has 90 valence electrons. The summed E-state index contributed by atoms with van der Waals surface area (Å²) in [6.45, 7) is 2.48. The van der Waals surface area contributed by atoms with E-state index in [4.69, 9.17) is 0 Å². The van der Waals surface area contributed by atoms with Gasteiger partial charge in [0.25, 0.3) is 5.91 Å². The van der Waals surface area contributed by atoms with E-state index in [0.717, 1.165) is 24.0 Å². The molecule has 1 aromatic rings. The van der Waals surface area contributed by atoms with Crippen LogP contribution in [0.25, 0.3) is 0 Å². The molecule has 1 aromatic heterocycles. The number of pyridine rings is 1. The van der Waals surface area contributed by atoms with Crippen LogP contribution in [0.15, 0.2) is 34.5 Å². The Balaban J connectivity index is 1.88. The lowest BCUT2D eigenvalue weighted by Gasteiger charge is -2.14. The van der Waals surface area contributed by atoms with Crippen molar-refractivity contribution in [3.8, 4) is 0 Å². The molecule has 0 bridgehead atoms. The van der Waals surface area contributed by atoms with Gasteiger partial charge in [-0.05, 0) is 41.0 Å². The molecule has 17 heavy (non-hydrogen) atoms. The zero-order valence-electron chi connectivity index (χ0n) is 9.37. The number of hydrogen-bond donors (Lipinski definition) is 2. The van der Waals surface area contributed by atoms with Gasteiger partial charge in [0.2, 0.25) is 0 Å². The van der Waals surface area contributed by atoms with E-state index in [1.807, 2.05) is 6.07 Å². The number of nitrogens with one attached hydrogen (secondary N) is 2. The van der Waals surface area contributed by atoms with E-state index in [2.05, 4.69) is 37.6 Å². The Morgan fingerprint density at radius 2 is 2.41 bits per heavy atom. The average molecular weight is 296 g/mol. The number of halogens is 1. The van der Waals surface area contributed by atoms with Gasteiger partial charge in [-0.3, -0.25) is 4.79 Å². The molecule has 0 saturated heterocycles. The summed E-state index contributed by atoms with van der Waals surface area (Å²) >= 11 is 3.29. The summed E-state index contributed by atoms with van der Waals surface area (Å²) in [6.07, 6.45) is 4.74. The monoisotopic (exact) mass is 295 g/mol. The van der Waals surface area contributed by atoms with Crippen LogP contribution in [0.5, 0.6) is 0 Å². The molecule has 5 heteroatoms. The fourth-order valence-corrected chi connectivity index (χ4v) is 1.86. The molecule has 2 rings (SSSR count). The van der Waals surface area contributed by atoms with E-state index in [1.54, 1.807) is 12.3 Å². The maximum absolute atomic E-state index is 11.8. The quantitative estimate of drug-likeness (QED) is 0.831. The minimum absolute atomic E-state index is 0.128. The first-order chi connectivity index (χ1) is 8.25. The fraction of sp³-hybridized carbons (Fsp3) is 0.333. The molecule has 0 aromatic carbocycles. The zero-order chi connectivity index (χ0) is 12.1. The minimum Gasteiger partial charge on any atom is -0.347 e. The summed E-state index contributed by atoms with van der Waals surface area (Å²) in [6, 6.07) is 3.52. The van der Waals surface area contributed by atoms with Crippen LogP contribution in [-0.4, -0.2) is 30.5 Å². The molecule has 1 amide bonds. The number of hydrogen-bond acceptors (Lipinski definition) is 3. The molecule has 1 aliphatic heterocycles. The number of carbonyl (C=O) groups is 1. The summed E-state index contributed by atoms with van der Waals surface area (Å²) < 4.78 is 0.870. The molecule has 0 saturated carbocycles. The average Bonchev–Trinajstić information content (AvgIpc) is 2.38. The summed E-state index contributed by atoms with van der Waals surface area (Å²) in [7, 11) is 0. The lowest BCUT2D eigenvalue weighted by atomic mass is 10.1.